The highest BCUT2D eigenvalue weighted by Gasteiger charge is 2.31. The summed E-state index contributed by atoms with van der Waals surface area (Å²) in [6.07, 6.45) is 44.5. The van der Waals surface area contributed by atoms with Crippen LogP contribution < -0.4 is 10.4 Å². The van der Waals surface area contributed by atoms with Gasteiger partial charge in [0.15, 0.2) is 0 Å². The topological polar surface area (TPSA) is 12.4 Å². The first kappa shape index (κ1) is 41.8. The second-order valence-electron chi connectivity index (χ2n) is 19.2. The van der Waals surface area contributed by atoms with Gasteiger partial charge in [0.05, 0.1) is 5.69 Å². The number of aryl methyl sites for hydroxylation is 1. The SMILES string of the molecule is C=C1C/C(=C/c2ccccc2C)C2C=CC=CC2c2cc(C3=CC=C(c4c5c(c(C6=CC=C(C(C)=Nc7ccccc7CC7C=CC=CC7)CC6)c6ccccc46)=CCCC=5)CC3)ccc21. The highest BCUT2D eigenvalue weighted by atomic mass is 14.7. The Bertz CT molecular complexity index is 3270. The summed E-state index contributed by atoms with van der Waals surface area (Å²) in [6.45, 7) is 9.09. The van der Waals surface area contributed by atoms with E-state index in [1.807, 2.05) is 0 Å². The van der Waals surface area contributed by atoms with Gasteiger partial charge in [-0.3, -0.25) is 4.99 Å². The first-order valence-corrected chi connectivity index (χ1v) is 24.4. The Morgan fingerprint density at radius 2 is 1.35 bits per heavy atom. The second-order valence-corrected chi connectivity index (χ2v) is 19.2. The van der Waals surface area contributed by atoms with E-state index in [1.54, 1.807) is 0 Å². The van der Waals surface area contributed by atoms with Gasteiger partial charge in [0.2, 0.25) is 0 Å². The van der Waals surface area contributed by atoms with Crippen LogP contribution in [0.2, 0.25) is 0 Å². The van der Waals surface area contributed by atoms with E-state index in [0.717, 1.165) is 69.2 Å². The van der Waals surface area contributed by atoms with Gasteiger partial charge in [0.25, 0.3) is 0 Å². The zero-order valence-corrected chi connectivity index (χ0v) is 38.6. The molecule has 6 aliphatic carbocycles. The summed E-state index contributed by atoms with van der Waals surface area (Å²) in [5.74, 6) is 1.13. The third-order valence-electron chi connectivity index (χ3n) is 15.1. The molecule has 0 aliphatic heterocycles. The first-order valence-electron chi connectivity index (χ1n) is 24.4. The van der Waals surface area contributed by atoms with Crippen LogP contribution >= 0.6 is 0 Å². The van der Waals surface area contributed by atoms with Crippen molar-refractivity contribution in [1.29, 1.82) is 0 Å². The molecule has 66 heavy (non-hydrogen) atoms. The first-order chi connectivity index (χ1) is 32.5. The Balaban J connectivity index is 0.912. The standard InChI is InChI=1S/C65H59N/c1-43-17-7-8-20-51(43)41-54-39-44(2)55-38-37-52(42-62(55)57-23-11-10-22-56(54)57)48-31-35-50(36-32-48)65-60-26-14-12-24-58(60)64(59-25-13-15-27-61(59)65)49-33-29-47(30-34-49)45(3)66-63-28-16-9-21-53(63)40-46-18-5-4-6-19-46/h4-12,14,16-18,20-29,31,33,35,37-38,41-42,46,56-57H,2,13,15,19,30,32,34,36,39-40H2,1,3H3/b54-41-,66-45?. The zero-order valence-electron chi connectivity index (χ0n) is 38.6. The van der Waals surface area contributed by atoms with Crippen molar-refractivity contribution in [2.75, 3.05) is 0 Å². The molecule has 11 rings (SSSR count). The van der Waals surface area contributed by atoms with E-state index in [1.165, 1.54) is 99.2 Å². The minimum atomic E-state index is 0.283. The molecule has 1 heteroatoms. The molecule has 0 aromatic heterocycles. The molecule has 0 N–H and O–H groups in total. The highest BCUT2D eigenvalue weighted by Crippen LogP contribution is 2.47. The molecule has 0 spiro atoms. The van der Waals surface area contributed by atoms with Crippen LogP contribution in [-0.2, 0) is 6.42 Å². The number of rotatable bonds is 8. The summed E-state index contributed by atoms with van der Waals surface area (Å²) < 4.78 is 0. The van der Waals surface area contributed by atoms with Crippen molar-refractivity contribution in [3.8, 4) is 0 Å². The van der Waals surface area contributed by atoms with Crippen LogP contribution in [0.4, 0.5) is 5.69 Å². The van der Waals surface area contributed by atoms with Crippen LogP contribution in [0.25, 0.3) is 51.3 Å². The van der Waals surface area contributed by atoms with Crippen LogP contribution in [0.5, 0.6) is 0 Å². The molecule has 3 atom stereocenters. The van der Waals surface area contributed by atoms with Crippen LogP contribution in [0, 0.1) is 18.8 Å². The van der Waals surface area contributed by atoms with Crippen molar-refractivity contribution in [2.45, 2.75) is 77.6 Å². The number of aliphatic imine (C=N–C) groups is 1. The molecule has 5 aromatic rings. The minimum absolute atomic E-state index is 0.283. The van der Waals surface area contributed by atoms with Gasteiger partial charge in [-0.25, -0.2) is 0 Å². The summed E-state index contributed by atoms with van der Waals surface area (Å²) >= 11 is 0. The average molecular weight is 854 g/mol. The molecule has 0 saturated carbocycles. The van der Waals surface area contributed by atoms with Crippen LogP contribution in [-0.4, -0.2) is 5.71 Å². The predicted octanol–water partition coefficient (Wildman–Crippen LogP) is 15.7. The Kier molecular flexibility index (Phi) is 11.5. The lowest BCUT2D eigenvalue weighted by Gasteiger charge is -2.26. The lowest BCUT2D eigenvalue weighted by molar-refractivity contribution is 0.654. The van der Waals surface area contributed by atoms with Gasteiger partial charge in [0, 0.05) is 17.5 Å². The molecule has 1 nitrogen and oxygen atoms in total. The quantitative estimate of drug-likeness (QED) is 0.138. The van der Waals surface area contributed by atoms with Crippen molar-refractivity contribution in [3.63, 3.8) is 0 Å². The predicted molar refractivity (Wildman–Crippen MR) is 285 cm³/mol. The lowest BCUT2D eigenvalue weighted by Crippen LogP contribution is -2.34. The Labute approximate surface area is 391 Å². The highest BCUT2D eigenvalue weighted by molar-refractivity contribution is 6.04. The third kappa shape index (κ3) is 8.11. The smallest absolute Gasteiger partial charge is 0.0665 e. The summed E-state index contributed by atoms with van der Waals surface area (Å²) in [7, 11) is 0. The zero-order chi connectivity index (χ0) is 44.6. The van der Waals surface area contributed by atoms with Crippen LogP contribution in [0.1, 0.15) is 109 Å². The Morgan fingerprint density at radius 3 is 2.06 bits per heavy atom. The summed E-state index contributed by atoms with van der Waals surface area (Å²) in [6, 6.07) is 33.9. The number of nitrogens with zero attached hydrogens (tertiary/aromatic N) is 1. The van der Waals surface area contributed by atoms with Gasteiger partial charge in [-0.2, -0.15) is 0 Å². The largest absolute Gasteiger partial charge is 0.253 e. The molecule has 0 bridgehead atoms. The second kappa shape index (κ2) is 18.2. The lowest BCUT2D eigenvalue weighted by atomic mass is 9.77. The molecule has 0 saturated heterocycles. The van der Waals surface area contributed by atoms with Crippen molar-refractivity contribution in [3.05, 3.63) is 237 Å². The average Bonchev–Trinajstić information content (AvgIpc) is 3.48. The molecule has 0 heterocycles. The maximum atomic E-state index is 5.26. The molecule has 324 valence electrons. The van der Waals surface area contributed by atoms with Crippen LogP contribution in [0.15, 0.2) is 187 Å². The van der Waals surface area contributed by atoms with E-state index >= 15 is 0 Å². The number of fused-ring (bicyclic) bond motifs is 5. The van der Waals surface area contributed by atoms with E-state index < -0.39 is 0 Å². The Hall–Kier alpha value is -6.83. The van der Waals surface area contributed by atoms with E-state index in [0.29, 0.717) is 11.8 Å². The number of benzene rings is 5. The fourth-order valence-corrected chi connectivity index (χ4v) is 11.6. The van der Waals surface area contributed by atoms with Crippen molar-refractivity contribution >= 4 is 62.7 Å². The maximum absolute atomic E-state index is 5.26. The van der Waals surface area contributed by atoms with Crippen molar-refractivity contribution < 1.29 is 0 Å². The molecule has 0 amide bonds. The number of para-hydroxylation sites is 1. The number of allylic oxidation sites excluding steroid dienone is 18. The van der Waals surface area contributed by atoms with Gasteiger partial charge in [0.1, 0.15) is 0 Å². The molecule has 0 radical (unpaired) electrons. The molecular formula is C65H59N. The van der Waals surface area contributed by atoms with E-state index in [4.69, 9.17) is 4.99 Å². The van der Waals surface area contributed by atoms with E-state index in [2.05, 4.69) is 203 Å². The molecule has 6 aliphatic rings. The molecular weight excluding hydrogens is 795 g/mol. The third-order valence-corrected chi connectivity index (χ3v) is 15.1. The summed E-state index contributed by atoms with van der Waals surface area (Å²) in [5.41, 5.74) is 21.4. The van der Waals surface area contributed by atoms with Gasteiger partial charge in [-0.05, 0) is 177 Å². The van der Waals surface area contributed by atoms with Gasteiger partial charge >= 0.3 is 0 Å². The number of hydrogen-bond acceptors (Lipinski definition) is 1. The summed E-state index contributed by atoms with van der Waals surface area (Å²) in [5, 5.41) is 5.59. The van der Waals surface area contributed by atoms with Crippen molar-refractivity contribution in [1.82, 2.24) is 0 Å². The fourth-order valence-electron chi connectivity index (χ4n) is 11.6. The van der Waals surface area contributed by atoms with Crippen LogP contribution in [0.3, 0.4) is 0 Å². The van der Waals surface area contributed by atoms with Gasteiger partial charge in [-0.15, -0.1) is 0 Å². The molecule has 5 aromatic carbocycles. The molecule has 3 unspecified atom stereocenters. The number of hydrogen-bond donors (Lipinski definition) is 0. The molecule has 0 fully saturated rings. The Morgan fingerprint density at radius 1 is 0.682 bits per heavy atom. The summed E-state index contributed by atoms with van der Waals surface area (Å²) in [4.78, 5) is 5.26. The monoisotopic (exact) mass is 853 g/mol. The van der Waals surface area contributed by atoms with Crippen molar-refractivity contribution in [2.24, 2.45) is 16.8 Å². The normalized spacial score (nSPS) is 21.7. The van der Waals surface area contributed by atoms with Gasteiger partial charge < -0.3 is 0 Å². The fraction of sp³-hybridized carbons (Fsp3) is 0.215. The van der Waals surface area contributed by atoms with E-state index in [9.17, 15) is 0 Å². The van der Waals surface area contributed by atoms with E-state index in [-0.39, 0.29) is 5.92 Å². The minimum Gasteiger partial charge on any atom is -0.253 e. The maximum Gasteiger partial charge on any atom is 0.0665 e. The van der Waals surface area contributed by atoms with Gasteiger partial charge in [-0.1, -0.05) is 188 Å².